The lowest BCUT2D eigenvalue weighted by atomic mass is 10.1. The van der Waals surface area contributed by atoms with Crippen LogP contribution in [0.4, 0.5) is 4.39 Å². The molecule has 0 aliphatic rings. The SMILES string of the molecule is CN(C)CCCc1cn(-c2ccc(F)cc2)c2ccc(Cl)cc12.O=C(O)/C=C/C(=O)O. The van der Waals surface area contributed by atoms with Gasteiger partial charge in [-0.15, -0.1) is 0 Å². The molecule has 1 heterocycles. The van der Waals surface area contributed by atoms with E-state index in [1.807, 2.05) is 18.2 Å². The quantitative estimate of drug-likeness (QED) is 0.517. The van der Waals surface area contributed by atoms with Crippen molar-refractivity contribution in [3.8, 4) is 5.69 Å². The van der Waals surface area contributed by atoms with Crippen LogP contribution in [-0.4, -0.2) is 52.3 Å². The Bertz CT molecular complexity index is 1060. The van der Waals surface area contributed by atoms with Gasteiger partial charge in [-0.25, -0.2) is 14.0 Å². The average Bonchev–Trinajstić information content (AvgIpc) is 3.05. The van der Waals surface area contributed by atoms with E-state index in [1.165, 1.54) is 23.1 Å². The van der Waals surface area contributed by atoms with E-state index in [1.54, 1.807) is 12.1 Å². The molecule has 31 heavy (non-hydrogen) atoms. The van der Waals surface area contributed by atoms with Crippen molar-refractivity contribution in [1.29, 1.82) is 0 Å². The fraction of sp³-hybridized carbons (Fsp3) is 0.217. The molecule has 8 heteroatoms. The summed E-state index contributed by atoms with van der Waals surface area (Å²) in [6.07, 6.45) is 5.33. The van der Waals surface area contributed by atoms with Crippen molar-refractivity contribution in [2.24, 2.45) is 0 Å². The van der Waals surface area contributed by atoms with Crippen molar-refractivity contribution in [2.45, 2.75) is 12.8 Å². The van der Waals surface area contributed by atoms with Gasteiger partial charge < -0.3 is 19.7 Å². The first kappa shape index (κ1) is 24.1. The minimum Gasteiger partial charge on any atom is -0.478 e. The number of rotatable bonds is 7. The zero-order valence-electron chi connectivity index (χ0n) is 17.3. The number of benzene rings is 2. The second-order valence-electron chi connectivity index (χ2n) is 7.08. The molecule has 1 aromatic heterocycles. The van der Waals surface area contributed by atoms with Crippen molar-refractivity contribution in [1.82, 2.24) is 9.47 Å². The van der Waals surface area contributed by atoms with Crippen LogP contribution in [0.1, 0.15) is 12.0 Å². The lowest BCUT2D eigenvalue weighted by Gasteiger charge is -2.08. The van der Waals surface area contributed by atoms with Crippen molar-refractivity contribution >= 4 is 34.4 Å². The Hall–Kier alpha value is -3.16. The Kier molecular flexibility index (Phi) is 8.78. The molecule has 0 aliphatic carbocycles. The number of carbonyl (C=O) groups is 2. The second-order valence-corrected chi connectivity index (χ2v) is 7.52. The number of aliphatic carboxylic acids is 2. The third-order valence-electron chi connectivity index (χ3n) is 4.37. The fourth-order valence-electron chi connectivity index (χ4n) is 3.01. The number of carboxylic acid groups (broad SMARTS) is 2. The monoisotopic (exact) mass is 446 g/mol. The van der Waals surface area contributed by atoms with E-state index in [4.69, 9.17) is 21.8 Å². The molecule has 0 saturated carbocycles. The highest BCUT2D eigenvalue weighted by molar-refractivity contribution is 6.31. The highest BCUT2D eigenvalue weighted by atomic mass is 35.5. The third kappa shape index (κ3) is 7.55. The fourth-order valence-corrected chi connectivity index (χ4v) is 3.19. The van der Waals surface area contributed by atoms with Gasteiger partial charge in [-0.2, -0.15) is 0 Å². The molecule has 0 amide bonds. The molecule has 2 N–H and O–H groups in total. The van der Waals surface area contributed by atoms with E-state index >= 15 is 0 Å². The van der Waals surface area contributed by atoms with Gasteiger partial charge in [0.05, 0.1) is 5.52 Å². The second kappa shape index (κ2) is 11.3. The number of aromatic nitrogens is 1. The van der Waals surface area contributed by atoms with E-state index in [9.17, 15) is 14.0 Å². The lowest BCUT2D eigenvalue weighted by Crippen LogP contribution is -2.13. The largest absolute Gasteiger partial charge is 0.478 e. The minimum absolute atomic E-state index is 0.223. The van der Waals surface area contributed by atoms with E-state index < -0.39 is 11.9 Å². The molecule has 0 radical (unpaired) electrons. The summed E-state index contributed by atoms with van der Waals surface area (Å²) < 4.78 is 15.3. The number of aryl methyl sites for hydroxylation is 1. The van der Waals surface area contributed by atoms with Crippen molar-refractivity contribution < 1.29 is 24.2 Å². The molecular formula is C23H24ClFN2O4. The van der Waals surface area contributed by atoms with E-state index in [-0.39, 0.29) is 5.82 Å². The predicted octanol–water partition coefficient (Wildman–Crippen LogP) is 4.63. The van der Waals surface area contributed by atoms with Crippen LogP contribution in [0.25, 0.3) is 16.6 Å². The van der Waals surface area contributed by atoms with Gasteiger partial charge in [0.1, 0.15) is 5.82 Å². The van der Waals surface area contributed by atoms with Crippen LogP contribution in [-0.2, 0) is 16.0 Å². The van der Waals surface area contributed by atoms with E-state index in [2.05, 4.69) is 29.8 Å². The molecule has 2 aromatic carbocycles. The summed E-state index contributed by atoms with van der Waals surface area (Å²) in [4.78, 5) is 21.3. The summed E-state index contributed by atoms with van der Waals surface area (Å²) in [7, 11) is 4.16. The Morgan fingerprint density at radius 1 is 1.06 bits per heavy atom. The molecule has 164 valence electrons. The Morgan fingerprint density at radius 3 is 2.23 bits per heavy atom. The number of hydrogen-bond donors (Lipinski definition) is 2. The van der Waals surface area contributed by atoms with Crippen molar-refractivity contribution in [3.63, 3.8) is 0 Å². The van der Waals surface area contributed by atoms with Gasteiger partial charge in [-0.1, -0.05) is 11.6 Å². The van der Waals surface area contributed by atoms with Crippen molar-refractivity contribution in [2.75, 3.05) is 20.6 Å². The summed E-state index contributed by atoms with van der Waals surface area (Å²) >= 11 is 6.18. The maximum atomic E-state index is 13.2. The maximum Gasteiger partial charge on any atom is 0.328 e. The molecule has 0 unspecified atom stereocenters. The topological polar surface area (TPSA) is 82.8 Å². The van der Waals surface area contributed by atoms with Crippen LogP contribution in [0.15, 0.2) is 60.8 Å². The molecule has 0 spiro atoms. The molecule has 3 rings (SSSR count). The first-order valence-corrected chi connectivity index (χ1v) is 9.89. The van der Waals surface area contributed by atoms with E-state index in [0.29, 0.717) is 12.2 Å². The van der Waals surface area contributed by atoms with Gasteiger partial charge in [-0.05, 0) is 81.5 Å². The number of nitrogens with zero attached hydrogens (tertiary/aromatic N) is 2. The zero-order valence-corrected chi connectivity index (χ0v) is 18.0. The molecule has 0 aliphatic heterocycles. The van der Waals surface area contributed by atoms with Gasteiger partial charge in [0.15, 0.2) is 0 Å². The smallest absolute Gasteiger partial charge is 0.328 e. The molecule has 0 bridgehead atoms. The summed E-state index contributed by atoms with van der Waals surface area (Å²) in [6.45, 7) is 1.05. The molecule has 0 saturated heterocycles. The highest BCUT2D eigenvalue weighted by Crippen LogP contribution is 2.28. The molecule has 0 fully saturated rings. The number of fused-ring (bicyclic) bond motifs is 1. The Balaban J connectivity index is 0.000000366. The molecule has 3 aromatic rings. The number of hydrogen-bond acceptors (Lipinski definition) is 3. The van der Waals surface area contributed by atoms with Gasteiger partial charge >= 0.3 is 11.9 Å². The van der Waals surface area contributed by atoms with Crippen molar-refractivity contribution in [3.05, 3.63) is 77.2 Å². The Labute approximate surface area is 184 Å². The maximum absolute atomic E-state index is 13.2. The first-order chi connectivity index (χ1) is 14.7. The zero-order chi connectivity index (χ0) is 23.0. The standard InChI is InChI=1S/C19H20ClFN2.C4H4O4/c1-22(2)11-3-4-14-13-23(17-8-6-16(21)7-9-17)19-10-5-15(20)12-18(14)19;5-3(6)1-2-4(7)8/h5-10,12-13H,3-4,11H2,1-2H3;1-2H,(H,5,6)(H,7,8)/b;2-1+. The van der Waals surface area contributed by atoms with Crippen LogP contribution in [0.3, 0.4) is 0 Å². The average molecular weight is 447 g/mol. The summed E-state index contributed by atoms with van der Waals surface area (Å²) in [5.74, 6) is -2.74. The minimum atomic E-state index is -1.26. The Morgan fingerprint density at radius 2 is 1.68 bits per heavy atom. The van der Waals surface area contributed by atoms with Gasteiger partial charge in [0.25, 0.3) is 0 Å². The van der Waals surface area contributed by atoms with Crippen LogP contribution in [0.2, 0.25) is 5.02 Å². The summed E-state index contributed by atoms with van der Waals surface area (Å²) in [5, 5.41) is 17.5. The van der Waals surface area contributed by atoms with Gasteiger partial charge in [-0.3, -0.25) is 0 Å². The van der Waals surface area contributed by atoms with Gasteiger partial charge in [0, 0.05) is 34.4 Å². The van der Waals surface area contributed by atoms with E-state index in [0.717, 1.165) is 35.6 Å². The summed E-state index contributed by atoms with van der Waals surface area (Å²) in [6, 6.07) is 12.5. The third-order valence-corrected chi connectivity index (χ3v) is 4.61. The number of halogens is 2. The highest BCUT2D eigenvalue weighted by Gasteiger charge is 2.11. The summed E-state index contributed by atoms with van der Waals surface area (Å²) in [5.41, 5.74) is 3.33. The van der Waals surface area contributed by atoms with Crippen LogP contribution in [0, 0.1) is 5.82 Å². The van der Waals surface area contributed by atoms with Gasteiger partial charge in [0.2, 0.25) is 0 Å². The number of carboxylic acids is 2. The van der Waals surface area contributed by atoms with Crippen LogP contribution in [0.5, 0.6) is 0 Å². The van der Waals surface area contributed by atoms with Crippen LogP contribution < -0.4 is 0 Å². The molecule has 6 nitrogen and oxygen atoms in total. The van der Waals surface area contributed by atoms with Crippen LogP contribution >= 0.6 is 11.6 Å². The first-order valence-electron chi connectivity index (χ1n) is 9.51. The molecule has 0 atom stereocenters. The lowest BCUT2D eigenvalue weighted by molar-refractivity contribution is -0.134. The normalized spacial score (nSPS) is 11.0. The predicted molar refractivity (Wildman–Crippen MR) is 120 cm³/mol. The molecular weight excluding hydrogens is 423 g/mol.